The Morgan fingerprint density at radius 2 is 1.92 bits per heavy atom. The number of likely N-dealkylation sites (N-methyl/N-ethyl adjacent to an activating group) is 1. The molecule has 1 aromatic carbocycles. The smallest absolute Gasteiger partial charge is 0.342 e. The highest BCUT2D eigenvalue weighted by Gasteiger charge is 2.20. The van der Waals surface area contributed by atoms with Crippen LogP contribution in [0.4, 0.5) is 0 Å². The maximum Gasteiger partial charge on any atom is 0.342 e. The number of nitrogens with zero attached hydrogens (tertiary/aromatic N) is 1. The van der Waals surface area contributed by atoms with Crippen LogP contribution in [0.5, 0.6) is 5.75 Å². The van der Waals surface area contributed by atoms with E-state index in [1.807, 2.05) is 20.8 Å². The first-order chi connectivity index (χ1) is 11.0. The normalized spacial score (nSPS) is 10.9. The lowest BCUT2D eigenvalue weighted by Gasteiger charge is -2.23. The molecule has 7 nitrogen and oxygen atoms in total. The summed E-state index contributed by atoms with van der Waals surface area (Å²) >= 11 is 5.75. The number of amides is 2. The molecule has 8 heteroatoms. The van der Waals surface area contributed by atoms with Crippen LogP contribution >= 0.6 is 11.6 Å². The maximum absolute atomic E-state index is 11.9. The molecule has 2 N–H and O–H groups in total. The molecule has 0 aliphatic heterocycles. The minimum atomic E-state index is -0.879. The molecule has 0 aliphatic carbocycles. The van der Waals surface area contributed by atoms with Crippen LogP contribution in [0.25, 0.3) is 0 Å². The Morgan fingerprint density at radius 3 is 2.50 bits per heavy atom. The Hall–Kier alpha value is -2.28. The van der Waals surface area contributed by atoms with Crippen molar-refractivity contribution in [2.45, 2.75) is 26.3 Å². The van der Waals surface area contributed by atoms with Gasteiger partial charge in [-0.15, -0.1) is 0 Å². The van der Waals surface area contributed by atoms with E-state index in [0.29, 0.717) is 0 Å². The second-order valence-electron chi connectivity index (χ2n) is 6.29. The molecule has 1 rings (SSSR count). The maximum atomic E-state index is 11.9. The van der Waals surface area contributed by atoms with Crippen molar-refractivity contribution < 1.29 is 24.2 Å². The summed E-state index contributed by atoms with van der Waals surface area (Å²) in [6.45, 7) is 4.77. The molecule has 2 amide bonds. The molecule has 24 heavy (non-hydrogen) atoms. The number of phenolic OH excluding ortho intramolecular Hbond substituents is 1. The molecule has 0 spiro atoms. The zero-order chi connectivity index (χ0) is 18.5. The fraction of sp³-hybridized carbons (Fsp3) is 0.438. The minimum Gasteiger partial charge on any atom is -0.507 e. The SMILES string of the molecule is CN(CC(=O)NC(C)(C)C)C(=O)COC(=O)c1cc(Cl)ccc1O. The Kier molecular flexibility index (Phi) is 6.60. The van der Waals surface area contributed by atoms with E-state index in [-0.39, 0.29) is 28.8 Å². The number of ether oxygens (including phenoxy) is 1. The first kappa shape index (κ1) is 19.8. The van der Waals surface area contributed by atoms with Crippen LogP contribution < -0.4 is 5.32 Å². The third-order valence-electron chi connectivity index (χ3n) is 2.83. The van der Waals surface area contributed by atoms with E-state index < -0.39 is 24.0 Å². The van der Waals surface area contributed by atoms with Gasteiger partial charge in [-0.25, -0.2) is 4.79 Å². The van der Waals surface area contributed by atoms with Crippen molar-refractivity contribution in [3.05, 3.63) is 28.8 Å². The van der Waals surface area contributed by atoms with Crippen LogP contribution in [0.1, 0.15) is 31.1 Å². The molecule has 0 radical (unpaired) electrons. The summed E-state index contributed by atoms with van der Waals surface area (Å²) in [5.74, 6) is -2.04. The van der Waals surface area contributed by atoms with E-state index in [4.69, 9.17) is 16.3 Å². The van der Waals surface area contributed by atoms with Gasteiger partial charge in [-0.05, 0) is 39.0 Å². The number of esters is 1. The number of phenols is 1. The predicted octanol–water partition coefficient (Wildman–Crippen LogP) is 1.58. The first-order valence-electron chi connectivity index (χ1n) is 7.20. The average molecular weight is 357 g/mol. The second kappa shape index (κ2) is 8.01. The molecule has 0 unspecified atom stereocenters. The van der Waals surface area contributed by atoms with Gasteiger partial charge < -0.3 is 20.1 Å². The monoisotopic (exact) mass is 356 g/mol. The van der Waals surface area contributed by atoms with E-state index >= 15 is 0 Å². The van der Waals surface area contributed by atoms with Crippen molar-refractivity contribution in [1.29, 1.82) is 0 Å². The number of carbonyl (C=O) groups is 3. The molecule has 1 aromatic rings. The standard InChI is InChI=1S/C16H21ClN2O5/c1-16(2,3)18-13(21)8-19(4)14(22)9-24-15(23)11-7-10(17)5-6-12(11)20/h5-7,20H,8-9H2,1-4H3,(H,18,21). The summed E-state index contributed by atoms with van der Waals surface area (Å²) < 4.78 is 4.85. The lowest BCUT2D eigenvalue weighted by Crippen LogP contribution is -2.46. The van der Waals surface area contributed by atoms with Crippen molar-refractivity contribution in [3.63, 3.8) is 0 Å². The Labute approximate surface area is 145 Å². The number of aromatic hydroxyl groups is 1. The number of halogens is 1. The number of nitrogens with one attached hydrogen (secondary N) is 1. The van der Waals surface area contributed by atoms with Crippen LogP contribution in [0, 0.1) is 0 Å². The Bertz CT molecular complexity index is 640. The van der Waals surface area contributed by atoms with Crippen LogP contribution in [-0.4, -0.2) is 53.5 Å². The summed E-state index contributed by atoms with van der Waals surface area (Å²) in [6.07, 6.45) is 0. The van der Waals surface area contributed by atoms with E-state index in [1.54, 1.807) is 0 Å². The van der Waals surface area contributed by atoms with Gasteiger partial charge in [-0.1, -0.05) is 11.6 Å². The van der Waals surface area contributed by atoms with Crippen molar-refractivity contribution in [2.75, 3.05) is 20.2 Å². The third kappa shape index (κ3) is 6.45. The fourth-order valence-electron chi connectivity index (χ4n) is 1.75. The van der Waals surface area contributed by atoms with Gasteiger partial charge in [0.05, 0.1) is 6.54 Å². The Balaban J connectivity index is 2.54. The van der Waals surface area contributed by atoms with Gasteiger partial charge in [0.1, 0.15) is 11.3 Å². The number of hydrogen-bond donors (Lipinski definition) is 2. The molecule has 0 fully saturated rings. The van der Waals surface area contributed by atoms with Gasteiger partial charge in [-0.3, -0.25) is 9.59 Å². The van der Waals surface area contributed by atoms with Crippen LogP contribution in [0.2, 0.25) is 5.02 Å². The number of carbonyl (C=O) groups excluding carboxylic acids is 3. The summed E-state index contributed by atoms with van der Waals surface area (Å²) in [7, 11) is 1.43. The summed E-state index contributed by atoms with van der Waals surface area (Å²) in [6, 6.07) is 3.91. The van der Waals surface area contributed by atoms with Crippen LogP contribution in [-0.2, 0) is 14.3 Å². The van der Waals surface area contributed by atoms with Gasteiger partial charge >= 0.3 is 5.97 Å². The van der Waals surface area contributed by atoms with E-state index in [2.05, 4.69) is 5.32 Å². The molecule has 0 aromatic heterocycles. The molecule has 0 heterocycles. The highest BCUT2D eigenvalue weighted by molar-refractivity contribution is 6.31. The lowest BCUT2D eigenvalue weighted by atomic mass is 10.1. The van der Waals surface area contributed by atoms with Crippen molar-refractivity contribution in [1.82, 2.24) is 10.2 Å². The molecule has 0 saturated carbocycles. The molecule has 0 aliphatic rings. The van der Waals surface area contributed by atoms with Gasteiger partial charge in [0.15, 0.2) is 6.61 Å². The number of benzene rings is 1. The molecular formula is C16H21ClN2O5. The van der Waals surface area contributed by atoms with Crippen molar-refractivity contribution >= 4 is 29.4 Å². The van der Waals surface area contributed by atoms with Crippen LogP contribution in [0.15, 0.2) is 18.2 Å². The van der Waals surface area contributed by atoms with Crippen molar-refractivity contribution in [2.24, 2.45) is 0 Å². The highest BCUT2D eigenvalue weighted by Crippen LogP contribution is 2.22. The summed E-state index contributed by atoms with van der Waals surface area (Å²) in [4.78, 5) is 36.7. The third-order valence-corrected chi connectivity index (χ3v) is 3.06. The second-order valence-corrected chi connectivity index (χ2v) is 6.72. The van der Waals surface area contributed by atoms with E-state index in [0.717, 1.165) is 4.90 Å². The van der Waals surface area contributed by atoms with E-state index in [9.17, 15) is 19.5 Å². The fourth-order valence-corrected chi connectivity index (χ4v) is 1.92. The average Bonchev–Trinajstić information content (AvgIpc) is 2.44. The zero-order valence-electron chi connectivity index (χ0n) is 14.1. The van der Waals surface area contributed by atoms with Crippen molar-refractivity contribution in [3.8, 4) is 5.75 Å². The topological polar surface area (TPSA) is 95.9 Å². The van der Waals surface area contributed by atoms with Gasteiger partial charge in [0, 0.05) is 17.6 Å². The quantitative estimate of drug-likeness (QED) is 0.781. The first-order valence-corrected chi connectivity index (χ1v) is 7.58. The van der Waals surface area contributed by atoms with Gasteiger partial charge in [0.2, 0.25) is 5.91 Å². The summed E-state index contributed by atoms with van der Waals surface area (Å²) in [5, 5.41) is 12.6. The zero-order valence-corrected chi connectivity index (χ0v) is 14.8. The highest BCUT2D eigenvalue weighted by atomic mass is 35.5. The molecular weight excluding hydrogens is 336 g/mol. The van der Waals surface area contributed by atoms with Gasteiger partial charge in [-0.2, -0.15) is 0 Å². The molecule has 132 valence electrons. The molecule has 0 saturated heterocycles. The van der Waals surface area contributed by atoms with E-state index in [1.165, 1.54) is 25.2 Å². The summed E-state index contributed by atoms with van der Waals surface area (Å²) in [5.41, 5.74) is -0.541. The number of hydrogen-bond acceptors (Lipinski definition) is 5. The predicted molar refractivity (Wildman–Crippen MR) is 88.9 cm³/mol. The largest absolute Gasteiger partial charge is 0.507 e. The van der Waals surface area contributed by atoms with Crippen LogP contribution in [0.3, 0.4) is 0 Å². The molecule has 0 bridgehead atoms. The van der Waals surface area contributed by atoms with Gasteiger partial charge in [0.25, 0.3) is 5.91 Å². The minimum absolute atomic E-state index is 0.136. The number of rotatable bonds is 5. The lowest BCUT2D eigenvalue weighted by molar-refractivity contribution is -0.137. The molecule has 0 atom stereocenters. The Morgan fingerprint density at radius 1 is 1.29 bits per heavy atom.